The molecule has 2 rings (SSSR count). The number of hydrogen-bond acceptors (Lipinski definition) is 2. The van der Waals surface area contributed by atoms with Crippen LogP contribution in [-0.2, 0) is 6.18 Å². The molecule has 0 aromatic heterocycles. The summed E-state index contributed by atoms with van der Waals surface area (Å²) in [5.41, 5.74) is -1.07. The van der Waals surface area contributed by atoms with E-state index in [1.54, 1.807) is 0 Å². The molecule has 1 fully saturated rings. The van der Waals surface area contributed by atoms with Gasteiger partial charge in [-0.1, -0.05) is 12.5 Å². The third kappa shape index (κ3) is 2.89. The van der Waals surface area contributed by atoms with Gasteiger partial charge in [-0.2, -0.15) is 13.2 Å². The van der Waals surface area contributed by atoms with E-state index in [0.717, 1.165) is 38.2 Å². The first-order valence-electron chi connectivity index (χ1n) is 6.04. The first-order chi connectivity index (χ1) is 8.48. The Morgan fingerprint density at radius 3 is 2.39 bits per heavy atom. The van der Waals surface area contributed by atoms with E-state index < -0.39 is 17.5 Å². The number of phenols is 1. The van der Waals surface area contributed by atoms with Crippen molar-refractivity contribution in [2.75, 3.05) is 0 Å². The van der Waals surface area contributed by atoms with Gasteiger partial charge in [0.1, 0.15) is 17.1 Å². The van der Waals surface area contributed by atoms with E-state index in [1.165, 1.54) is 12.1 Å². The molecule has 2 nitrogen and oxygen atoms in total. The Hall–Kier alpha value is -1.39. The van der Waals surface area contributed by atoms with E-state index in [2.05, 4.69) is 0 Å². The second-order valence-corrected chi connectivity index (χ2v) is 4.53. The minimum absolute atomic E-state index is 0.179. The molecule has 0 unspecified atom stereocenters. The predicted molar refractivity (Wildman–Crippen MR) is 60.6 cm³/mol. The average molecular weight is 260 g/mol. The van der Waals surface area contributed by atoms with Gasteiger partial charge in [0.05, 0.1) is 6.10 Å². The van der Waals surface area contributed by atoms with Crippen molar-refractivity contribution in [3.05, 3.63) is 23.8 Å². The maximum absolute atomic E-state index is 12.8. The summed E-state index contributed by atoms with van der Waals surface area (Å²) in [5.74, 6) is -1.05. The highest BCUT2D eigenvalue weighted by Gasteiger charge is 2.38. The lowest BCUT2D eigenvalue weighted by Crippen LogP contribution is -2.21. The molecule has 0 saturated heterocycles. The van der Waals surface area contributed by atoms with Gasteiger partial charge in [-0.3, -0.25) is 0 Å². The van der Waals surface area contributed by atoms with Crippen molar-refractivity contribution >= 4 is 0 Å². The largest absolute Gasteiger partial charge is 0.507 e. The van der Waals surface area contributed by atoms with Crippen LogP contribution < -0.4 is 4.74 Å². The molecular formula is C13H15F3O2. The normalized spacial score (nSPS) is 17.7. The summed E-state index contributed by atoms with van der Waals surface area (Å²) in [7, 11) is 0. The summed E-state index contributed by atoms with van der Waals surface area (Å²) in [4.78, 5) is 0. The van der Waals surface area contributed by atoms with Gasteiger partial charge >= 0.3 is 6.18 Å². The number of hydrogen-bond donors (Lipinski definition) is 1. The molecule has 1 saturated carbocycles. The molecular weight excluding hydrogens is 245 g/mol. The SMILES string of the molecule is Oc1cccc(OC2CCCCC2)c1C(F)(F)F. The molecule has 5 heteroatoms. The predicted octanol–water partition coefficient (Wildman–Crippen LogP) is 4.12. The molecule has 1 aromatic carbocycles. The Morgan fingerprint density at radius 2 is 1.78 bits per heavy atom. The lowest BCUT2D eigenvalue weighted by atomic mass is 9.97. The molecule has 0 spiro atoms. The number of aromatic hydroxyl groups is 1. The Balaban J connectivity index is 2.24. The van der Waals surface area contributed by atoms with Crippen LogP contribution in [0.1, 0.15) is 37.7 Å². The maximum Gasteiger partial charge on any atom is 0.423 e. The van der Waals surface area contributed by atoms with Crippen molar-refractivity contribution in [2.24, 2.45) is 0 Å². The molecule has 0 amide bonds. The number of benzene rings is 1. The zero-order valence-corrected chi connectivity index (χ0v) is 9.83. The Morgan fingerprint density at radius 1 is 1.11 bits per heavy atom. The topological polar surface area (TPSA) is 29.5 Å². The Bertz CT molecular complexity index is 409. The van der Waals surface area contributed by atoms with Crippen molar-refractivity contribution < 1.29 is 23.0 Å². The Labute approximate surface area is 103 Å². The molecule has 0 aliphatic heterocycles. The minimum atomic E-state index is -4.60. The first kappa shape index (κ1) is 13.1. The van der Waals surface area contributed by atoms with Crippen molar-refractivity contribution in [3.8, 4) is 11.5 Å². The molecule has 18 heavy (non-hydrogen) atoms. The minimum Gasteiger partial charge on any atom is -0.507 e. The van der Waals surface area contributed by atoms with Crippen molar-refractivity contribution in [2.45, 2.75) is 44.4 Å². The lowest BCUT2D eigenvalue weighted by molar-refractivity contribution is -0.140. The van der Waals surface area contributed by atoms with Crippen LogP contribution in [0.15, 0.2) is 18.2 Å². The van der Waals surface area contributed by atoms with Gasteiger partial charge in [-0.25, -0.2) is 0 Å². The van der Waals surface area contributed by atoms with Crippen LogP contribution in [0.2, 0.25) is 0 Å². The second kappa shape index (κ2) is 5.08. The number of rotatable bonds is 2. The summed E-state index contributed by atoms with van der Waals surface area (Å²) in [6.07, 6.45) is -0.182. The van der Waals surface area contributed by atoms with Gasteiger partial charge in [0.15, 0.2) is 0 Å². The zero-order valence-electron chi connectivity index (χ0n) is 9.83. The number of phenolic OH excluding ortho intramolecular Hbond substituents is 1. The highest BCUT2D eigenvalue weighted by Crippen LogP contribution is 2.42. The summed E-state index contributed by atoms with van der Waals surface area (Å²) in [6.45, 7) is 0. The standard InChI is InChI=1S/C13H15F3O2/c14-13(15,16)12-10(17)7-4-8-11(12)18-9-5-2-1-3-6-9/h4,7-9,17H,1-3,5-6H2. The maximum atomic E-state index is 12.8. The van der Waals surface area contributed by atoms with E-state index in [9.17, 15) is 18.3 Å². The molecule has 0 heterocycles. The van der Waals surface area contributed by atoms with E-state index in [-0.39, 0.29) is 11.9 Å². The quantitative estimate of drug-likeness (QED) is 0.866. The summed E-state index contributed by atoms with van der Waals surface area (Å²) in [6, 6.07) is 3.65. The third-order valence-corrected chi connectivity index (χ3v) is 3.13. The van der Waals surface area contributed by atoms with Crippen LogP contribution in [0.25, 0.3) is 0 Å². The Kier molecular flexibility index (Phi) is 3.68. The van der Waals surface area contributed by atoms with Gasteiger partial charge in [-0.15, -0.1) is 0 Å². The zero-order chi connectivity index (χ0) is 13.2. The van der Waals surface area contributed by atoms with E-state index >= 15 is 0 Å². The molecule has 1 aliphatic rings. The van der Waals surface area contributed by atoms with Crippen LogP contribution in [0.3, 0.4) is 0 Å². The summed E-state index contributed by atoms with van der Waals surface area (Å²) >= 11 is 0. The highest BCUT2D eigenvalue weighted by molar-refractivity contribution is 5.46. The molecule has 0 radical (unpaired) electrons. The highest BCUT2D eigenvalue weighted by atomic mass is 19.4. The van der Waals surface area contributed by atoms with Crippen molar-refractivity contribution in [1.82, 2.24) is 0 Å². The lowest BCUT2D eigenvalue weighted by Gasteiger charge is -2.25. The smallest absolute Gasteiger partial charge is 0.423 e. The van der Waals surface area contributed by atoms with Crippen LogP contribution in [0.5, 0.6) is 11.5 Å². The van der Waals surface area contributed by atoms with E-state index in [1.807, 2.05) is 0 Å². The molecule has 1 aromatic rings. The third-order valence-electron chi connectivity index (χ3n) is 3.13. The van der Waals surface area contributed by atoms with Gasteiger partial charge in [0, 0.05) is 0 Å². The van der Waals surface area contributed by atoms with Crippen LogP contribution in [-0.4, -0.2) is 11.2 Å². The van der Waals surface area contributed by atoms with Crippen LogP contribution in [0.4, 0.5) is 13.2 Å². The van der Waals surface area contributed by atoms with Gasteiger partial charge in [0.25, 0.3) is 0 Å². The van der Waals surface area contributed by atoms with Gasteiger partial charge in [-0.05, 0) is 37.8 Å². The number of halogens is 3. The van der Waals surface area contributed by atoms with Crippen LogP contribution in [0, 0.1) is 0 Å². The first-order valence-corrected chi connectivity index (χ1v) is 6.04. The second-order valence-electron chi connectivity index (χ2n) is 4.53. The average Bonchev–Trinajstić information content (AvgIpc) is 2.28. The monoisotopic (exact) mass is 260 g/mol. The molecule has 1 N–H and O–H groups in total. The van der Waals surface area contributed by atoms with Crippen molar-refractivity contribution in [1.29, 1.82) is 0 Å². The van der Waals surface area contributed by atoms with E-state index in [0.29, 0.717) is 0 Å². The fraction of sp³-hybridized carbons (Fsp3) is 0.538. The number of alkyl halides is 3. The molecule has 1 aliphatic carbocycles. The molecule has 0 atom stereocenters. The molecule has 100 valence electrons. The van der Waals surface area contributed by atoms with Gasteiger partial charge < -0.3 is 9.84 Å². The fourth-order valence-corrected chi connectivity index (χ4v) is 2.27. The van der Waals surface area contributed by atoms with Gasteiger partial charge in [0.2, 0.25) is 0 Å². The van der Waals surface area contributed by atoms with Crippen molar-refractivity contribution in [3.63, 3.8) is 0 Å². The van der Waals surface area contributed by atoms with E-state index in [4.69, 9.17) is 4.74 Å². The number of ether oxygens (including phenoxy) is 1. The molecule has 0 bridgehead atoms. The summed E-state index contributed by atoms with van der Waals surface area (Å²) < 4.78 is 43.9. The fourth-order valence-electron chi connectivity index (χ4n) is 2.27. The van der Waals surface area contributed by atoms with Crippen LogP contribution >= 0.6 is 0 Å². The summed E-state index contributed by atoms with van der Waals surface area (Å²) in [5, 5.41) is 9.36.